The Labute approximate surface area is 215 Å². The molecule has 1 atom stereocenters. The van der Waals surface area contributed by atoms with Crippen molar-refractivity contribution in [3.05, 3.63) is 39.5 Å². The van der Waals surface area contributed by atoms with Gasteiger partial charge in [-0.25, -0.2) is 18.0 Å². The largest absolute Gasteiger partial charge is 0.418 e. The molecule has 1 rings (SSSR count). The first-order valence-electron chi connectivity index (χ1n) is 11.9. The maximum atomic E-state index is 13.9. The molecular weight excluding hydrogens is 519 g/mol. The lowest BCUT2D eigenvalue weighted by molar-refractivity contribution is -0.140. The van der Waals surface area contributed by atoms with Crippen LogP contribution in [0, 0.1) is 29.1 Å². The molecule has 210 valence electrons. The standard InChI is InChI=1S/C23H29F5N6O4/c1-2-3-5-10-31-15(35)9-13-30-12-8-14(33-16(36)7-4-6-11-32-34-29)23(37)38-22-20(27)18(25)17(24)19(26)21(22)28/h13-14H,2-12H2,1H3,(H,31,35)(H,33,36). The third-order valence-corrected chi connectivity index (χ3v) is 5.02. The maximum absolute atomic E-state index is 13.9. The summed E-state index contributed by atoms with van der Waals surface area (Å²) in [6, 6.07) is -1.56. The van der Waals surface area contributed by atoms with E-state index >= 15 is 0 Å². The Bertz CT molecular complexity index is 1020. The number of benzene rings is 1. The van der Waals surface area contributed by atoms with Crippen molar-refractivity contribution in [2.45, 2.75) is 64.3 Å². The number of nitrogens with one attached hydrogen (secondary N) is 2. The molecular formula is C23H29F5N6O4. The van der Waals surface area contributed by atoms with E-state index in [0.29, 0.717) is 13.0 Å². The Morgan fingerprint density at radius 3 is 2.24 bits per heavy atom. The van der Waals surface area contributed by atoms with Gasteiger partial charge in [0.2, 0.25) is 46.6 Å². The van der Waals surface area contributed by atoms with Gasteiger partial charge in [-0.2, -0.15) is 8.78 Å². The number of hydrogen-bond acceptors (Lipinski definition) is 6. The number of esters is 1. The Kier molecular flexibility index (Phi) is 15.0. The lowest BCUT2D eigenvalue weighted by Gasteiger charge is -2.17. The summed E-state index contributed by atoms with van der Waals surface area (Å²) < 4.78 is 72.5. The number of unbranched alkanes of at least 4 members (excludes halogenated alkanes) is 3. The summed E-state index contributed by atoms with van der Waals surface area (Å²) in [4.78, 5) is 43.0. The first-order chi connectivity index (χ1) is 18.1. The summed E-state index contributed by atoms with van der Waals surface area (Å²) in [5.74, 6) is -16.0. The third kappa shape index (κ3) is 11.1. The van der Waals surface area contributed by atoms with Crippen LogP contribution in [0.3, 0.4) is 0 Å². The summed E-state index contributed by atoms with van der Waals surface area (Å²) in [5.41, 5.74) is 8.25. The molecule has 0 saturated heterocycles. The lowest BCUT2D eigenvalue weighted by Crippen LogP contribution is -2.43. The van der Waals surface area contributed by atoms with E-state index in [2.05, 4.69) is 30.4 Å². The molecule has 1 unspecified atom stereocenters. The van der Waals surface area contributed by atoms with Gasteiger partial charge < -0.3 is 15.4 Å². The average Bonchev–Trinajstić information content (AvgIpc) is 2.90. The lowest BCUT2D eigenvalue weighted by atomic mass is 10.1. The number of ether oxygens (including phenoxy) is 1. The van der Waals surface area contributed by atoms with Gasteiger partial charge in [-0.05, 0) is 31.2 Å². The third-order valence-electron chi connectivity index (χ3n) is 5.02. The predicted molar refractivity (Wildman–Crippen MR) is 127 cm³/mol. The molecule has 0 aliphatic rings. The van der Waals surface area contributed by atoms with E-state index in [-0.39, 0.29) is 44.7 Å². The fourth-order valence-corrected chi connectivity index (χ4v) is 2.99. The van der Waals surface area contributed by atoms with Crippen LogP contribution in [-0.2, 0) is 14.4 Å². The van der Waals surface area contributed by atoms with E-state index in [4.69, 9.17) is 5.53 Å². The van der Waals surface area contributed by atoms with Crippen molar-refractivity contribution < 1.29 is 41.1 Å². The molecule has 0 heterocycles. The predicted octanol–water partition coefficient (Wildman–Crippen LogP) is 4.41. The Morgan fingerprint density at radius 1 is 0.947 bits per heavy atom. The smallest absolute Gasteiger partial charge is 0.334 e. The molecule has 0 aliphatic heterocycles. The molecule has 10 nitrogen and oxygen atoms in total. The van der Waals surface area contributed by atoms with Crippen LogP contribution >= 0.6 is 0 Å². The molecule has 1 aromatic rings. The molecule has 0 fully saturated rings. The fourth-order valence-electron chi connectivity index (χ4n) is 2.99. The molecule has 0 bridgehead atoms. The number of nitrogens with zero attached hydrogens (tertiary/aromatic N) is 4. The number of hydrogen-bond donors (Lipinski definition) is 2. The highest BCUT2D eigenvalue weighted by molar-refractivity contribution is 5.89. The van der Waals surface area contributed by atoms with Gasteiger partial charge >= 0.3 is 5.97 Å². The van der Waals surface area contributed by atoms with Crippen LogP contribution in [0.2, 0.25) is 0 Å². The summed E-state index contributed by atoms with van der Waals surface area (Å²) in [7, 11) is 0. The van der Waals surface area contributed by atoms with Gasteiger partial charge in [0.1, 0.15) is 6.04 Å². The number of aliphatic imine (C=N–C) groups is 1. The normalized spacial score (nSPS) is 11.6. The second-order valence-electron chi connectivity index (χ2n) is 7.99. The van der Waals surface area contributed by atoms with Gasteiger partial charge in [-0.3, -0.25) is 14.6 Å². The summed E-state index contributed by atoms with van der Waals surface area (Å²) in [5, 5.41) is 8.28. The number of azide groups is 1. The molecule has 0 aromatic heterocycles. The van der Waals surface area contributed by atoms with Crippen LogP contribution in [0.15, 0.2) is 10.1 Å². The van der Waals surface area contributed by atoms with Crippen molar-refractivity contribution in [1.82, 2.24) is 10.6 Å². The summed E-state index contributed by atoms with van der Waals surface area (Å²) in [6.45, 7) is 2.53. The van der Waals surface area contributed by atoms with E-state index < -0.39 is 52.8 Å². The van der Waals surface area contributed by atoms with Crippen LogP contribution in [0.1, 0.15) is 58.3 Å². The van der Waals surface area contributed by atoms with E-state index in [1.165, 1.54) is 6.21 Å². The van der Waals surface area contributed by atoms with Crippen molar-refractivity contribution in [2.24, 2.45) is 10.1 Å². The van der Waals surface area contributed by atoms with Gasteiger partial charge in [0.25, 0.3) is 0 Å². The maximum Gasteiger partial charge on any atom is 0.334 e. The number of carbonyl (C=O) groups excluding carboxylic acids is 3. The minimum Gasteiger partial charge on any atom is -0.418 e. The molecule has 2 amide bonds. The SMILES string of the molecule is CCCCCNC(=O)CC=NCCC(NC(=O)CCCCN=[N+]=[N-])C(=O)Oc1c(F)c(F)c(F)c(F)c1F. The minimum atomic E-state index is -2.42. The number of halogens is 5. The molecule has 0 aliphatic carbocycles. The summed E-state index contributed by atoms with van der Waals surface area (Å²) in [6.07, 6.45) is 4.27. The second-order valence-corrected chi connectivity index (χ2v) is 7.99. The highest BCUT2D eigenvalue weighted by Gasteiger charge is 2.31. The first-order valence-corrected chi connectivity index (χ1v) is 11.9. The molecule has 15 heteroatoms. The van der Waals surface area contributed by atoms with E-state index in [1.54, 1.807) is 0 Å². The van der Waals surface area contributed by atoms with Crippen molar-refractivity contribution in [1.29, 1.82) is 0 Å². The number of rotatable bonds is 17. The number of carbonyl (C=O) groups is 3. The van der Waals surface area contributed by atoms with Gasteiger partial charge in [0.05, 0.1) is 6.42 Å². The van der Waals surface area contributed by atoms with Crippen LogP contribution in [0.4, 0.5) is 22.0 Å². The first kappa shape index (κ1) is 32.3. The highest BCUT2D eigenvalue weighted by Crippen LogP contribution is 2.29. The summed E-state index contributed by atoms with van der Waals surface area (Å²) >= 11 is 0. The second kappa shape index (κ2) is 17.7. The Morgan fingerprint density at radius 2 is 1.61 bits per heavy atom. The topological polar surface area (TPSA) is 146 Å². The van der Waals surface area contributed by atoms with Crippen LogP contribution in [0.25, 0.3) is 10.4 Å². The minimum absolute atomic E-state index is 0.0523. The average molecular weight is 549 g/mol. The zero-order chi connectivity index (χ0) is 28.5. The van der Waals surface area contributed by atoms with Crippen molar-refractivity contribution in [2.75, 3.05) is 19.6 Å². The van der Waals surface area contributed by atoms with Crippen molar-refractivity contribution in [3.63, 3.8) is 0 Å². The van der Waals surface area contributed by atoms with E-state index in [1.807, 2.05) is 6.92 Å². The fraction of sp³-hybridized carbons (Fsp3) is 0.565. The van der Waals surface area contributed by atoms with Crippen molar-refractivity contribution in [3.8, 4) is 5.75 Å². The molecule has 1 aromatic carbocycles. The molecule has 2 N–H and O–H groups in total. The number of amides is 2. The van der Waals surface area contributed by atoms with E-state index in [9.17, 15) is 36.3 Å². The Hall–Kier alpha value is -3.74. The molecule has 0 spiro atoms. The Balaban J connectivity index is 2.84. The molecule has 38 heavy (non-hydrogen) atoms. The molecule has 0 saturated carbocycles. The quantitative estimate of drug-likeness (QED) is 0.0284. The van der Waals surface area contributed by atoms with Crippen LogP contribution < -0.4 is 15.4 Å². The molecule has 0 radical (unpaired) electrons. The van der Waals surface area contributed by atoms with Crippen LogP contribution in [0.5, 0.6) is 5.75 Å². The zero-order valence-corrected chi connectivity index (χ0v) is 20.7. The van der Waals surface area contributed by atoms with Gasteiger partial charge in [0.15, 0.2) is 0 Å². The van der Waals surface area contributed by atoms with Gasteiger partial charge in [-0.15, -0.1) is 0 Å². The van der Waals surface area contributed by atoms with Crippen molar-refractivity contribution >= 4 is 24.0 Å². The zero-order valence-electron chi connectivity index (χ0n) is 20.7. The monoisotopic (exact) mass is 548 g/mol. The van der Waals surface area contributed by atoms with Gasteiger partial charge in [-0.1, -0.05) is 24.9 Å². The highest BCUT2D eigenvalue weighted by atomic mass is 19.2. The van der Waals surface area contributed by atoms with Gasteiger partial charge in [0, 0.05) is 37.2 Å². The van der Waals surface area contributed by atoms with Crippen LogP contribution in [-0.4, -0.2) is 49.7 Å². The van der Waals surface area contributed by atoms with E-state index in [0.717, 1.165) is 19.3 Å².